The number of nitrogens with two attached hydrogens (primary N) is 1. The van der Waals surface area contributed by atoms with Crippen molar-refractivity contribution in [2.24, 2.45) is 5.73 Å². The van der Waals surface area contributed by atoms with Gasteiger partial charge in [-0.05, 0) is 44.2 Å². The zero-order valence-electron chi connectivity index (χ0n) is 12.2. The van der Waals surface area contributed by atoms with E-state index in [1.54, 1.807) is 11.3 Å². The van der Waals surface area contributed by atoms with Crippen molar-refractivity contribution in [3.63, 3.8) is 0 Å². The molecule has 0 aliphatic carbocycles. The average molecular weight is 300 g/mol. The van der Waals surface area contributed by atoms with Crippen LogP contribution >= 0.6 is 11.3 Å². The number of hydrogen-bond donors (Lipinski definition) is 2. The largest absolute Gasteiger partial charge is 0.598 e. The van der Waals surface area contributed by atoms with Crippen molar-refractivity contribution in [3.05, 3.63) is 34.2 Å². The van der Waals surface area contributed by atoms with Crippen LogP contribution in [0.1, 0.15) is 50.6 Å². The van der Waals surface area contributed by atoms with Gasteiger partial charge in [-0.1, -0.05) is 13.5 Å². The number of rotatable bonds is 7. The molecule has 0 unspecified atom stereocenters. The first kappa shape index (κ1) is 16.6. The van der Waals surface area contributed by atoms with E-state index in [-0.39, 0.29) is 10.8 Å². The van der Waals surface area contributed by atoms with Gasteiger partial charge < -0.3 is 10.3 Å². The molecule has 0 aliphatic rings. The minimum absolute atomic E-state index is 0.0800. The maximum absolute atomic E-state index is 12.2. The Balaban J connectivity index is 2.65. The Kier molecular flexibility index (Phi) is 5.92. The molecule has 5 heteroatoms. The maximum atomic E-state index is 12.2. The van der Waals surface area contributed by atoms with Crippen LogP contribution in [0.25, 0.3) is 0 Å². The molecule has 0 radical (unpaired) electrons. The van der Waals surface area contributed by atoms with E-state index in [2.05, 4.69) is 29.7 Å². The number of allylic oxidation sites excluding steroid dienone is 1. The van der Waals surface area contributed by atoms with Gasteiger partial charge in [-0.25, -0.2) is 0 Å². The van der Waals surface area contributed by atoms with E-state index >= 15 is 0 Å². The fourth-order valence-corrected chi connectivity index (χ4v) is 3.51. The predicted octanol–water partition coefficient (Wildman–Crippen LogP) is 3.27. The van der Waals surface area contributed by atoms with Crippen molar-refractivity contribution in [3.8, 4) is 0 Å². The first-order valence-electron chi connectivity index (χ1n) is 6.45. The minimum Gasteiger partial charge on any atom is -0.598 e. The molecule has 0 aliphatic heterocycles. The first-order chi connectivity index (χ1) is 8.76. The minimum atomic E-state index is -1.05. The Morgan fingerprint density at radius 3 is 2.79 bits per heavy atom. The summed E-state index contributed by atoms with van der Waals surface area (Å²) >= 11 is 0.618. The Bertz CT molecular complexity index is 429. The second-order valence-corrected chi connectivity index (χ2v) is 8.24. The van der Waals surface area contributed by atoms with Crippen molar-refractivity contribution in [1.82, 2.24) is 4.72 Å². The van der Waals surface area contributed by atoms with Crippen molar-refractivity contribution in [2.75, 3.05) is 0 Å². The molecule has 2 atom stereocenters. The van der Waals surface area contributed by atoms with Gasteiger partial charge in [0.15, 0.2) is 0 Å². The summed E-state index contributed by atoms with van der Waals surface area (Å²) in [4.78, 5) is 1.18. The molecule has 19 heavy (non-hydrogen) atoms. The van der Waals surface area contributed by atoms with Crippen molar-refractivity contribution in [2.45, 2.75) is 51.3 Å². The average Bonchev–Trinajstić information content (AvgIpc) is 2.76. The van der Waals surface area contributed by atoms with Crippen molar-refractivity contribution in [1.29, 1.82) is 0 Å². The highest BCUT2D eigenvalue weighted by Gasteiger charge is 2.32. The lowest BCUT2D eigenvalue weighted by molar-refractivity contribution is 0.513. The molecule has 0 fully saturated rings. The SMILES string of the molecule is C=C(N)Cc1csc([C@@H](C)N[S@@+]([O-])C(C)(C)CC)c1. The van der Waals surface area contributed by atoms with Crippen LogP contribution in [0.4, 0.5) is 0 Å². The Morgan fingerprint density at radius 2 is 2.26 bits per heavy atom. The topological polar surface area (TPSA) is 61.1 Å². The van der Waals surface area contributed by atoms with Gasteiger partial charge in [0.1, 0.15) is 4.75 Å². The quantitative estimate of drug-likeness (QED) is 0.760. The van der Waals surface area contributed by atoms with E-state index in [1.807, 2.05) is 20.8 Å². The van der Waals surface area contributed by atoms with Gasteiger partial charge in [0.25, 0.3) is 0 Å². The summed E-state index contributed by atoms with van der Waals surface area (Å²) in [6, 6.07) is 2.19. The zero-order chi connectivity index (χ0) is 14.6. The number of nitrogens with one attached hydrogen (secondary N) is 1. The van der Waals surface area contributed by atoms with Crippen LogP contribution < -0.4 is 10.5 Å². The molecule has 1 rings (SSSR count). The molecule has 0 bridgehead atoms. The lowest BCUT2D eigenvalue weighted by Gasteiger charge is -2.28. The summed E-state index contributed by atoms with van der Waals surface area (Å²) in [5, 5.41) is 2.08. The molecule has 3 nitrogen and oxygen atoms in total. The third-order valence-corrected chi connectivity index (χ3v) is 6.19. The standard InChI is InChI=1S/C14H24N2OS2/c1-6-14(4,5)19(17)16-11(3)13-8-12(9-18-13)7-10(2)15/h8-9,11,16H,2,6-7,15H2,1,3-5H3/t11-,19+/m1/s1. The molecule has 0 aromatic carbocycles. The van der Waals surface area contributed by atoms with Crippen LogP contribution in [0, 0.1) is 0 Å². The Morgan fingerprint density at radius 1 is 1.63 bits per heavy atom. The van der Waals surface area contributed by atoms with Gasteiger partial charge in [0.05, 0.1) is 6.04 Å². The maximum Gasteiger partial charge on any atom is 0.139 e. The molecule has 0 saturated carbocycles. The van der Waals surface area contributed by atoms with Gasteiger partial charge in [0.2, 0.25) is 0 Å². The third kappa shape index (κ3) is 4.84. The lowest BCUT2D eigenvalue weighted by atomic mass is 10.1. The fraction of sp³-hybridized carbons (Fsp3) is 0.571. The summed E-state index contributed by atoms with van der Waals surface area (Å²) in [7, 11) is 0. The van der Waals surface area contributed by atoms with Crippen LogP contribution in [0.2, 0.25) is 0 Å². The van der Waals surface area contributed by atoms with Crippen LogP contribution in [-0.2, 0) is 17.8 Å². The summed E-state index contributed by atoms with van der Waals surface area (Å²) in [5.41, 5.74) is 7.45. The Hall–Kier alpha value is -0.490. The highest BCUT2D eigenvalue weighted by molar-refractivity contribution is 7.90. The second-order valence-electron chi connectivity index (χ2n) is 5.41. The Labute approximate surface area is 123 Å². The van der Waals surface area contributed by atoms with Crippen molar-refractivity contribution < 1.29 is 4.55 Å². The van der Waals surface area contributed by atoms with Gasteiger partial charge in [-0.3, -0.25) is 0 Å². The van der Waals surface area contributed by atoms with E-state index in [1.165, 1.54) is 10.4 Å². The molecule has 1 aromatic rings. The lowest BCUT2D eigenvalue weighted by Crippen LogP contribution is -2.42. The van der Waals surface area contributed by atoms with E-state index in [0.717, 1.165) is 6.42 Å². The normalized spacial score (nSPS) is 15.2. The van der Waals surface area contributed by atoms with Crippen LogP contribution in [0.3, 0.4) is 0 Å². The van der Waals surface area contributed by atoms with Gasteiger partial charge in [-0.15, -0.1) is 16.1 Å². The van der Waals surface area contributed by atoms with Crippen LogP contribution in [0.15, 0.2) is 23.7 Å². The first-order valence-corrected chi connectivity index (χ1v) is 8.47. The van der Waals surface area contributed by atoms with E-state index in [0.29, 0.717) is 12.1 Å². The number of hydrogen-bond acceptors (Lipinski definition) is 4. The highest BCUT2D eigenvalue weighted by atomic mass is 32.2. The monoisotopic (exact) mass is 300 g/mol. The molecule has 108 valence electrons. The molecule has 1 heterocycles. The van der Waals surface area contributed by atoms with Gasteiger partial charge in [0, 0.05) is 28.4 Å². The zero-order valence-corrected chi connectivity index (χ0v) is 13.8. The van der Waals surface area contributed by atoms with Crippen LogP contribution in [-0.4, -0.2) is 9.30 Å². The summed E-state index contributed by atoms with van der Waals surface area (Å²) < 4.78 is 15.2. The molecule has 0 amide bonds. The molecular weight excluding hydrogens is 276 g/mol. The summed E-state index contributed by atoms with van der Waals surface area (Å²) in [6.45, 7) is 11.8. The molecule has 1 aromatic heterocycles. The summed E-state index contributed by atoms with van der Waals surface area (Å²) in [6.07, 6.45) is 1.58. The van der Waals surface area contributed by atoms with Crippen LogP contribution in [0.5, 0.6) is 0 Å². The fourth-order valence-electron chi connectivity index (χ4n) is 1.49. The van der Waals surface area contributed by atoms with Crippen molar-refractivity contribution >= 4 is 22.7 Å². The predicted molar refractivity (Wildman–Crippen MR) is 85.4 cm³/mol. The third-order valence-electron chi connectivity index (χ3n) is 3.17. The van der Waals surface area contributed by atoms with E-state index < -0.39 is 11.4 Å². The van der Waals surface area contributed by atoms with Gasteiger partial charge in [-0.2, -0.15) is 0 Å². The van der Waals surface area contributed by atoms with Gasteiger partial charge >= 0.3 is 0 Å². The smallest absolute Gasteiger partial charge is 0.139 e. The molecule has 3 N–H and O–H groups in total. The molecule has 0 spiro atoms. The highest BCUT2D eigenvalue weighted by Crippen LogP contribution is 2.26. The molecular formula is C14H24N2OS2. The number of thiophene rings is 1. The molecule has 0 saturated heterocycles. The second kappa shape index (κ2) is 6.79. The summed E-state index contributed by atoms with van der Waals surface area (Å²) in [5.74, 6) is 0. The van der Waals surface area contributed by atoms with E-state index in [9.17, 15) is 4.55 Å². The van der Waals surface area contributed by atoms with E-state index in [4.69, 9.17) is 5.73 Å².